The molecular weight excluding hydrogens is 467 g/mol. The lowest BCUT2D eigenvalue weighted by Crippen LogP contribution is -2.47. The molecule has 2 aliphatic rings. The molecule has 0 spiro atoms. The van der Waals surface area contributed by atoms with Crippen molar-refractivity contribution in [2.45, 2.75) is 31.3 Å². The quantitative estimate of drug-likeness (QED) is 0.479. The maximum absolute atomic E-state index is 13.7. The van der Waals surface area contributed by atoms with Crippen LogP contribution in [0.2, 0.25) is 0 Å². The molecule has 8 heteroatoms. The van der Waals surface area contributed by atoms with E-state index in [2.05, 4.69) is 0 Å². The first-order valence-electron chi connectivity index (χ1n) is 11.6. The zero-order chi connectivity index (χ0) is 24.5. The number of benzene rings is 2. The molecule has 2 aromatic carbocycles. The fourth-order valence-corrected chi connectivity index (χ4v) is 5.58. The predicted octanol–water partition coefficient (Wildman–Crippen LogP) is 4.68. The number of ether oxygens (including phenoxy) is 2. The molecule has 35 heavy (non-hydrogen) atoms. The molecule has 182 valence electrons. The molecule has 2 heterocycles. The number of nitrogens with zero attached hydrogens (tertiary/aromatic N) is 2. The van der Waals surface area contributed by atoms with Crippen molar-refractivity contribution in [2.75, 3.05) is 27.3 Å². The topological polar surface area (TPSA) is 59.1 Å². The third-order valence-electron chi connectivity index (χ3n) is 6.62. The molecular formula is C27H27FN2O4S. The number of amides is 2. The Kier molecular flexibility index (Phi) is 6.47. The summed E-state index contributed by atoms with van der Waals surface area (Å²) in [6, 6.07) is 13.2. The van der Waals surface area contributed by atoms with E-state index in [-0.39, 0.29) is 36.3 Å². The van der Waals surface area contributed by atoms with E-state index in [1.54, 1.807) is 46.6 Å². The summed E-state index contributed by atoms with van der Waals surface area (Å²) in [6.07, 6.45) is 2.51. The van der Waals surface area contributed by atoms with Gasteiger partial charge in [-0.15, -0.1) is 11.3 Å². The smallest absolute Gasteiger partial charge is 0.254 e. The zero-order valence-corrected chi connectivity index (χ0v) is 20.5. The van der Waals surface area contributed by atoms with Gasteiger partial charge in [-0.1, -0.05) is 12.1 Å². The number of halogens is 1. The Morgan fingerprint density at radius 1 is 1.06 bits per heavy atom. The van der Waals surface area contributed by atoms with E-state index in [1.165, 1.54) is 31.2 Å². The Morgan fingerprint density at radius 3 is 2.37 bits per heavy atom. The van der Waals surface area contributed by atoms with Gasteiger partial charge >= 0.3 is 0 Å². The molecule has 1 saturated carbocycles. The number of rotatable bonds is 7. The summed E-state index contributed by atoms with van der Waals surface area (Å²) in [5.74, 6) is 0.391. The highest BCUT2D eigenvalue weighted by molar-refractivity contribution is 7.10. The summed E-state index contributed by atoms with van der Waals surface area (Å²) in [4.78, 5) is 32.0. The molecule has 0 saturated heterocycles. The van der Waals surface area contributed by atoms with Gasteiger partial charge in [0.2, 0.25) is 5.91 Å². The molecule has 6 nitrogen and oxygen atoms in total. The van der Waals surface area contributed by atoms with Crippen LogP contribution in [0.25, 0.3) is 0 Å². The van der Waals surface area contributed by atoms with Gasteiger partial charge in [0.05, 0.1) is 20.3 Å². The van der Waals surface area contributed by atoms with Gasteiger partial charge in [-0.25, -0.2) is 4.39 Å². The molecule has 0 radical (unpaired) electrons. The van der Waals surface area contributed by atoms with E-state index < -0.39 is 0 Å². The Morgan fingerprint density at radius 2 is 1.74 bits per heavy atom. The van der Waals surface area contributed by atoms with E-state index in [4.69, 9.17) is 9.47 Å². The highest BCUT2D eigenvalue weighted by Crippen LogP contribution is 2.38. The van der Waals surface area contributed by atoms with Crippen molar-refractivity contribution in [1.29, 1.82) is 0 Å². The van der Waals surface area contributed by atoms with Gasteiger partial charge in [0.15, 0.2) is 0 Å². The van der Waals surface area contributed by atoms with Crippen LogP contribution in [-0.4, -0.2) is 55.0 Å². The second kappa shape index (κ2) is 9.70. The second-order valence-electron chi connectivity index (χ2n) is 8.86. The van der Waals surface area contributed by atoms with Crippen LogP contribution in [0.15, 0.2) is 53.9 Å². The molecule has 0 N–H and O–H groups in total. The molecule has 3 aromatic rings. The van der Waals surface area contributed by atoms with Crippen LogP contribution < -0.4 is 9.47 Å². The first-order valence-corrected chi connectivity index (χ1v) is 12.5. The minimum atomic E-state index is -0.313. The van der Waals surface area contributed by atoms with Crippen molar-refractivity contribution in [3.8, 4) is 11.5 Å². The lowest BCUT2D eigenvalue weighted by Gasteiger charge is -2.37. The first-order chi connectivity index (χ1) is 17.0. The van der Waals surface area contributed by atoms with Crippen molar-refractivity contribution in [3.05, 3.63) is 81.3 Å². The van der Waals surface area contributed by atoms with E-state index in [1.807, 2.05) is 16.3 Å². The van der Waals surface area contributed by atoms with Gasteiger partial charge in [-0.05, 0) is 66.1 Å². The summed E-state index contributed by atoms with van der Waals surface area (Å²) < 4.78 is 24.3. The lowest BCUT2D eigenvalue weighted by atomic mass is 9.93. The van der Waals surface area contributed by atoms with Crippen molar-refractivity contribution < 1.29 is 23.5 Å². The number of hydrogen-bond donors (Lipinski definition) is 0. The van der Waals surface area contributed by atoms with E-state index >= 15 is 0 Å². The molecule has 1 aromatic heterocycles. The predicted molar refractivity (Wildman–Crippen MR) is 132 cm³/mol. The van der Waals surface area contributed by atoms with Gasteiger partial charge in [0.1, 0.15) is 23.9 Å². The molecule has 2 amide bonds. The maximum Gasteiger partial charge on any atom is 0.254 e. The maximum atomic E-state index is 13.7. The highest BCUT2D eigenvalue weighted by Gasteiger charge is 2.38. The minimum absolute atomic E-state index is 0.0137. The van der Waals surface area contributed by atoms with Crippen LogP contribution in [0, 0.1) is 5.82 Å². The summed E-state index contributed by atoms with van der Waals surface area (Å²) in [7, 11) is 3.08. The average molecular weight is 495 g/mol. The van der Waals surface area contributed by atoms with Crippen LogP contribution in [0.4, 0.5) is 4.39 Å². The molecule has 1 atom stereocenters. The molecule has 5 rings (SSSR count). The van der Waals surface area contributed by atoms with Gasteiger partial charge in [-0.2, -0.15) is 0 Å². The third-order valence-corrected chi connectivity index (χ3v) is 7.62. The lowest BCUT2D eigenvalue weighted by molar-refractivity contribution is -0.134. The van der Waals surface area contributed by atoms with E-state index in [9.17, 15) is 14.0 Å². The molecule has 1 aliphatic carbocycles. The van der Waals surface area contributed by atoms with Crippen LogP contribution in [-0.2, 0) is 11.2 Å². The summed E-state index contributed by atoms with van der Waals surface area (Å²) in [5, 5.41) is 2.03. The van der Waals surface area contributed by atoms with Gasteiger partial charge in [-0.3, -0.25) is 9.59 Å². The number of thiophene rings is 1. The summed E-state index contributed by atoms with van der Waals surface area (Å²) >= 11 is 1.68. The second-order valence-corrected chi connectivity index (χ2v) is 9.86. The summed E-state index contributed by atoms with van der Waals surface area (Å²) in [5.41, 5.74) is 2.36. The molecule has 1 unspecified atom stereocenters. The largest absolute Gasteiger partial charge is 0.497 e. The van der Waals surface area contributed by atoms with Crippen molar-refractivity contribution >= 4 is 23.2 Å². The number of fused-ring (bicyclic) bond motifs is 1. The Balaban J connectivity index is 1.43. The number of hydrogen-bond acceptors (Lipinski definition) is 5. The zero-order valence-electron chi connectivity index (χ0n) is 19.7. The Bertz CT molecular complexity index is 1220. The van der Waals surface area contributed by atoms with Gasteiger partial charge in [0, 0.05) is 29.1 Å². The van der Waals surface area contributed by atoms with Crippen molar-refractivity contribution in [3.63, 3.8) is 0 Å². The molecule has 1 fully saturated rings. The number of methoxy groups -OCH3 is 2. The van der Waals surface area contributed by atoms with Crippen LogP contribution >= 0.6 is 11.3 Å². The van der Waals surface area contributed by atoms with Crippen LogP contribution in [0.5, 0.6) is 11.5 Å². The number of carbonyl (C=O) groups excluding carboxylic acids is 2. The molecule has 0 bridgehead atoms. The number of carbonyl (C=O) groups is 2. The van der Waals surface area contributed by atoms with E-state index in [0.717, 1.165) is 30.4 Å². The Labute approximate surface area is 207 Å². The third kappa shape index (κ3) is 4.75. The highest BCUT2D eigenvalue weighted by atomic mass is 32.1. The van der Waals surface area contributed by atoms with Crippen molar-refractivity contribution in [2.24, 2.45) is 0 Å². The van der Waals surface area contributed by atoms with Crippen LogP contribution in [0.3, 0.4) is 0 Å². The van der Waals surface area contributed by atoms with Gasteiger partial charge in [0.25, 0.3) is 5.91 Å². The fourth-order valence-electron chi connectivity index (χ4n) is 4.68. The van der Waals surface area contributed by atoms with E-state index in [0.29, 0.717) is 23.6 Å². The summed E-state index contributed by atoms with van der Waals surface area (Å²) in [6.45, 7) is 0.536. The monoisotopic (exact) mass is 494 g/mol. The first kappa shape index (κ1) is 23.4. The normalized spacial score (nSPS) is 17.0. The SMILES string of the molecule is COc1cc(OC)cc(C(=O)N(CC(=O)N2CCc3sccc3C2c2ccc(F)cc2)C2CC2)c1. The van der Waals surface area contributed by atoms with Crippen LogP contribution in [0.1, 0.15) is 45.2 Å². The fraction of sp³-hybridized carbons (Fsp3) is 0.333. The van der Waals surface area contributed by atoms with Gasteiger partial charge < -0.3 is 19.3 Å². The van der Waals surface area contributed by atoms with Crippen molar-refractivity contribution in [1.82, 2.24) is 9.80 Å². The molecule has 1 aliphatic heterocycles. The standard InChI is InChI=1S/C27H27FN2O4S/c1-33-21-13-18(14-22(15-21)34-2)27(32)30(20-7-8-20)16-25(31)29-11-9-24-23(10-12-35-24)26(29)17-3-5-19(28)6-4-17/h3-6,10,12-15,20,26H,7-9,11,16H2,1-2H3. The minimum Gasteiger partial charge on any atom is -0.497 e. The Hall–Kier alpha value is -3.39. The average Bonchev–Trinajstić information content (AvgIpc) is 3.62.